The van der Waals surface area contributed by atoms with Crippen LogP contribution in [0.3, 0.4) is 0 Å². The molecule has 1 aliphatic rings. The van der Waals surface area contributed by atoms with Crippen molar-refractivity contribution >= 4 is 35.0 Å². The van der Waals surface area contributed by atoms with E-state index in [1.54, 1.807) is 30.9 Å². The number of ether oxygens (including phenoxy) is 2. The van der Waals surface area contributed by atoms with Gasteiger partial charge in [0.2, 0.25) is 11.8 Å². The molecule has 0 spiro atoms. The zero-order valence-corrected chi connectivity index (χ0v) is 17.8. The number of carbonyl (C=O) groups is 2. The van der Waals surface area contributed by atoms with Crippen LogP contribution in [0.25, 0.3) is 0 Å². The molecule has 7 heteroatoms. The summed E-state index contributed by atoms with van der Waals surface area (Å²) in [6.07, 6.45) is 1.50. The van der Waals surface area contributed by atoms with Crippen molar-refractivity contribution in [3.63, 3.8) is 0 Å². The maximum atomic E-state index is 12.3. The Bertz CT molecular complexity index is 883. The van der Waals surface area contributed by atoms with E-state index in [4.69, 9.17) is 9.47 Å². The van der Waals surface area contributed by atoms with E-state index in [1.807, 2.05) is 43.3 Å². The zero-order valence-electron chi connectivity index (χ0n) is 17.0. The minimum atomic E-state index is -0.0573. The van der Waals surface area contributed by atoms with Crippen LogP contribution in [0.2, 0.25) is 0 Å². The molecule has 1 aliphatic heterocycles. The van der Waals surface area contributed by atoms with Gasteiger partial charge in [-0.3, -0.25) is 9.59 Å². The molecule has 0 radical (unpaired) electrons. The fourth-order valence-electron chi connectivity index (χ4n) is 3.27. The van der Waals surface area contributed by atoms with Crippen LogP contribution in [0.4, 0.5) is 11.4 Å². The molecule has 1 saturated heterocycles. The second-order valence-corrected chi connectivity index (χ2v) is 7.86. The number of anilines is 2. The van der Waals surface area contributed by atoms with Gasteiger partial charge in [-0.1, -0.05) is 0 Å². The first-order valence-electron chi connectivity index (χ1n) is 9.51. The fraction of sp³-hybridized carbons (Fsp3) is 0.364. The molecule has 0 atom stereocenters. The molecule has 0 unspecified atom stereocenters. The molecule has 0 aromatic heterocycles. The number of amides is 2. The standard InChI is InChI=1S/C22H26N2O4S/c1-15-11-19(27-2)20(28-3)12-16(15)13-29-14-21(25)23-17-6-8-18(9-7-17)24-10-4-5-22(24)26/h6-9,11-12H,4-5,10,13-14H2,1-3H3,(H,23,25). The lowest BCUT2D eigenvalue weighted by Crippen LogP contribution is -2.23. The first-order valence-corrected chi connectivity index (χ1v) is 10.7. The molecule has 29 heavy (non-hydrogen) atoms. The number of nitrogens with one attached hydrogen (secondary N) is 1. The van der Waals surface area contributed by atoms with Gasteiger partial charge in [-0.2, -0.15) is 0 Å². The van der Waals surface area contributed by atoms with Gasteiger partial charge in [0.25, 0.3) is 0 Å². The highest BCUT2D eigenvalue weighted by atomic mass is 32.2. The van der Waals surface area contributed by atoms with Crippen LogP contribution in [0.15, 0.2) is 36.4 Å². The summed E-state index contributed by atoms with van der Waals surface area (Å²) in [5.74, 6) is 2.54. The zero-order chi connectivity index (χ0) is 20.8. The van der Waals surface area contributed by atoms with Crippen molar-refractivity contribution in [1.82, 2.24) is 0 Å². The monoisotopic (exact) mass is 414 g/mol. The van der Waals surface area contributed by atoms with Gasteiger partial charge in [0.1, 0.15) is 0 Å². The van der Waals surface area contributed by atoms with Crippen molar-refractivity contribution in [2.45, 2.75) is 25.5 Å². The maximum absolute atomic E-state index is 12.3. The predicted octanol–water partition coefficient (Wildman–Crippen LogP) is 4.01. The lowest BCUT2D eigenvalue weighted by atomic mass is 10.1. The van der Waals surface area contributed by atoms with E-state index in [0.717, 1.165) is 35.5 Å². The third-order valence-electron chi connectivity index (χ3n) is 4.87. The number of nitrogens with zero attached hydrogens (tertiary/aromatic N) is 1. The van der Waals surface area contributed by atoms with Crippen LogP contribution in [-0.4, -0.2) is 38.3 Å². The molecule has 1 fully saturated rings. The van der Waals surface area contributed by atoms with Crippen molar-refractivity contribution < 1.29 is 19.1 Å². The number of hydrogen-bond acceptors (Lipinski definition) is 5. The number of methoxy groups -OCH3 is 2. The predicted molar refractivity (Wildman–Crippen MR) is 117 cm³/mol. The third-order valence-corrected chi connectivity index (χ3v) is 5.85. The summed E-state index contributed by atoms with van der Waals surface area (Å²) in [7, 11) is 3.23. The molecule has 2 aromatic rings. The van der Waals surface area contributed by atoms with Crippen LogP contribution in [0.1, 0.15) is 24.0 Å². The SMILES string of the molecule is COc1cc(C)c(CSCC(=O)Nc2ccc(N3CCCC3=O)cc2)cc1OC. The van der Waals surface area contributed by atoms with Crippen molar-refractivity contribution in [1.29, 1.82) is 0 Å². The van der Waals surface area contributed by atoms with Gasteiger partial charge in [-0.15, -0.1) is 11.8 Å². The molecule has 3 rings (SSSR count). The molecule has 1 N–H and O–H groups in total. The van der Waals surface area contributed by atoms with E-state index in [2.05, 4.69) is 5.32 Å². The molecule has 6 nitrogen and oxygen atoms in total. The summed E-state index contributed by atoms with van der Waals surface area (Å²) < 4.78 is 10.7. The Labute approximate surface area is 175 Å². The number of rotatable bonds is 8. The first-order chi connectivity index (χ1) is 14.0. The summed E-state index contributed by atoms with van der Waals surface area (Å²) in [5, 5.41) is 2.90. The van der Waals surface area contributed by atoms with E-state index in [1.165, 1.54) is 0 Å². The minimum absolute atomic E-state index is 0.0573. The molecule has 0 bridgehead atoms. The third kappa shape index (κ3) is 5.23. The van der Waals surface area contributed by atoms with Gasteiger partial charge in [-0.05, 0) is 60.9 Å². The van der Waals surface area contributed by atoms with Gasteiger partial charge >= 0.3 is 0 Å². The van der Waals surface area contributed by atoms with E-state index in [0.29, 0.717) is 29.4 Å². The van der Waals surface area contributed by atoms with Gasteiger partial charge in [0.15, 0.2) is 11.5 Å². The number of thioether (sulfide) groups is 1. The van der Waals surface area contributed by atoms with E-state index in [-0.39, 0.29) is 11.8 Å². The molecule has 2 amide bonds. The molecule has 1 heterocycles. The Hall–Kier alpha value is -2.67. The lowest BCUT2D eigenvalue weighted by Gasteiger charge is -2.16. The normalized spacial score (nSPS) is 13.5. The molecular formula is C22H26N2O4S. The summed E-state index contributed by atoms with van der Waals surface area (Å²) >= 11 is 1.54. The molecular weight excluding hydrogens is 388 g/mol. The molecule has 154 valence electrons. The van der Waals surface area contributed by atoms with Gasteiger partial charge < -0.3 is 19.7 Å². The highest BCUT2D eigenvalue weighted by molar-refractivity contribution is 7.99. The Morgan fingerprint density at radius 3 is 2.45 bits per heavy atom. The van der Waals surface area contributed by atoms with Crippen molar-refractivity contribution in [2.24, 2.45) is 0 Å². The Kier molecular flexibility index (Phi) is 7.04. The molecule has 2 aromatic carbocycles. The minimum Gasteiger partial charge on any atom is -0.493 e. The van der Waals surface area contributed by atoms with E-state index >= 15 is 0 Å². The van der Waals surface area contributed by atoms with Crippen LogP contribution < -0.4 is 19.7 Å². The summed E-state index contributed by atoms with van der Waals surface area (Å²) in [4.78, 5) is 25.9. The summed E-state index contributed by atoms with van der Waals surface area (Å²) in [5.41, 5.74) is 3.82. The van der Waals surface area contributed by atoms with Crippen LogP contribution >= 0.6 is 11.8 Å². The first kappa shape index (κ1) is 21.0. The lowest BCUT2D eigenvalue weighted by molar-refractivity contribution is -0.117. The van der Waals surface area contributed by atoms with Crippen molar-refractivity contribution in [2.75, 3.05) is 36.7 Å². The van der Waals surface area contributed by atoms with Crippen molar-refractivity contribution in [3.05, 3.63) is 47.5 Å². The maximum Gasteiger partial charge on any atom is 0.234 e. The Morgan fingerprint density at radius 2 is 1.83 bits per heavy atom. The second kappa shape index (κ2) is 9.69. The highest BCUT2D eigenvalue weighted by Gasteiger charge is 2.21. The topological polar surface area (TPSA) is 67.9 Å². The van der Waals surface area contributed by atoms with Crippen molar-refractivity contribution in [3.8, 4) is 11.5 Å². The highest BCUT2D eigenvalue weighted by Crippen LogP contribution is 2.32. The number of hydrogen-bond donors (Lipinski definition) is 1. The van der Waals surface area contributed by atoms with Crippen LogP contribution in [0, 0.1) is 6.92 Å². The molecule has 0 aliphatic carbocycles. The fourth-order valence-corrected chi connectivity index (χ4v) is 4.17. The number of aryl methyl sites for hydroxylation is 1. The quantitative estimate of drug-likeness (QED) is 0.707. The average Bonchev–Trinajstić information content (AvgIpc) is 3.15. The van der Waals surface area contributed by atoms with Crippen LogP contribution in [0.5, 0.6) is 11.5 Å². The van der Waals surface area contributed by atoms with E-state index in [9.17, 15) is 9.59 Å². The molecule has 0 saturated carbocycles. The average molecular weight is 415 g/mol. The van der Waals surface area contributed by atoms with Gasteiger partial charge in [0, 0.05) is 30.1 Å². The Morgan fingerprint density at radius 1 is 1.14 bits per heavy atom. The van der Waals surface area contributed by atoms with Gasteiger partial charge in [-0.25, -0.2) is 0 Å². The number of carbonyl (C=O) groups excluding carboxylic acids is 2. The van der Waals surface area contributed by atoms with Gasteiger partial charge in [0.05, 0.1) is 20.0 Å². The largest absolute Gasteiger partial charge is 0.493 e. The number of benzene rings is 2. The summed E-state index contributed by atoms with van der Waals surface area (Å²) in [6.45, 7) is 2.78. The Balaban J connectivity index is 1.51. The smallest absolute Gasteiger partial charge is 0.234 e. The van der Waals surface area contributed by atoms with E-state index < -0.39 is 0 Å². The second-order valence-electron chi connectivity index (χ2n) is 6.87. The summed E-state index contributed by atoms with van der Waals surface area (Å²) in [6, 6.07) is 11.3. The van der Waals surface area contributed by atoms with Crippen LogP contribution in [-0.2, 0) is 15.3 Å².